The summed E-state index contributed by atoms with van der Waals surface area (Å²) in [6.07, 6.45) is 20.2. The number of carboxylic acids is 1. The van der Waals surface area contributed by atoms with Gasteiger partial charge in [-0.2, -0.15) is 0 Å². The molecule has 0 bridgehead atoms. The summed E-state index contributed by atoms with van der Waals surface area (Å²) in [5.41, 5.74) is 0. The highest BCUT2D eigenvalue weighted by molar-refractivity contribution is 7.22. The fourth-order valence-electron chi connectivity index (χ4n) is 2.65. The first-order chi connectivity index (χ1) is 11.2. The summed E-state index contributed by atoms with van der Waals surface area (Å²) in [5.74, 6) is -0.653. The molecule has 0 saturated carbocycles. The van der Waals surface area contributed by atoms with E-state index in [1.807, 2.05) is 0 Å². The van der Waals surface area contributed by atoms with Gasteiger partial charge in [0.25, 0.3) is 0 Å². The number of rotatable bonds is 16. The highest BCUT2D eigenvalue weighted by Crippen LogP contribution is 2.13. The highest BCUT2D eigenvalue weighted by Gasteiger charge is 1.97. The summed E-state index contributed by atoms with van der Waals surface area (Å²) in [6, 6.07) is 0. The van der Waals surface area contributed by atoms with E-state index in [1.165, 1.54) is 83.5 Å². The number of hydrogen-bond donors (Lipinski definition) is 1. The smallest absolute Gasteiger partial charge is 0.481 e. The molecule has 24 heavy (non-hydrogen) atoms. The number of unbranched alkanes of at least 4 members (excludes halogenated alkanes) is 14. The SMILES string of the molecule is CCCCCCCCCCCCCCCCCC(=O)O.O.[Cl][Al][Cl]. The molecule has 0 rings (SSSR count). The fourth-order valence-corrected chi connectivity index (χ4v) is 2.65. The lowest BCUT2D eigenvalue weighted by atomic mass is 10.0. The second-order valence-corrected chi connectivity index (χ2v) is 8.32. The minimum absolute atomic E-state index is 0. The van der Waals surface area contributed by atoms with Crippen LogP contribution in [0.15, 0.2) is 0 Å². The van der Waals surface area contributed by atoms with Crippen molar-refractivity contribution in [1.29, 1.82) is 0 Å². The second-order valence-electron chi connectivity index (χ2n) is 6.18. The van der Waals surface area contributed by atoms with E-state index in [0.29, 0.717) is 6.42 Å². The van der Waals surface area contributed by atoms with Crippen molar-refractivity contribution in [2.45, 2.75) is 110 Å². The van der Waals surface area contributed by atoms with Crippen LogP contribution in [0.4, 0.5) is 0 Å². The molecule has 0 saturated heterocycles. The van der Waals surface area contributed by atoms with Gasteiger partial charge in [0.1, 0.15) is 0 Å². The number of carbonyl (C=O) groups is 1. The molecule has 0 aromatic rings. The van der Waals surface area contributed by atoms with Crippen molar-refractivity contribution in [1.82, 2.24) is 0 Å². The monoisotopic (exact) mass is 399 g/mol. The van der Waals surface area contributed by atoms with E-state index in [2.05, 4.69) is 6.92 Å². The Kier molecular flexibility index (Phi) is 34.6. The van der Waals surface area contributed by atoms with Crippen LogP contribution in [0.25, 0.3) is 0 Å². The third-order valence-electron chi connectivity index (χ3n) is 3.99. The molecule has 0 aliphatic rings. The molecule has 0 heterocycles. The van der Waals surface area contributed by atoms with Crippen molar-refractivity contribution in [2.24, 2.45) is 0 Å². The van der Waals surface area contributed by atoms with Gasteiger partial charge in [-0.3, -0.25) is 4.79 Å². The zero-order chi connectivity index (χ0) is 17.6. The zero-order valence-electron chi connectivity index (χ0n) is 15.5. The molecule has 3 nitrogen and oxygen atoms in total. The Balaban J connectivity index is -0.00000102. The fraction of sp³-hybridized carbons (Fsp3) is 0.944. The van der Waals surface area contributed by atoms with Crippen LogP contribution in [0.1, 0.15) is 110 Å². The summed E-state index contributed by atoms with van der Waals surface area (Å²) in [6.45, 7) is 2.27. The lowest BCUT2D eigenvalue weighted by Crippen LogP contribution is -1.93. The summed E-state index contributed by atoms with van der Waals surface area (Å²) in [4.78, 5) is 10.3. The lowest BCUT2D eigenvalue weighted by molar-refractivity contribution is -0.137. The molecule has 3 N–H and O–H groups in total. The predicted octanol–water partition coefficient (Wildman–Crippen LogP) is 6.51. The zero-order valence-corrected chi connectivity index (χ0v) is 18.2. The van der Waals surface area contributed by atoms with Crippen LogP contribution in [0.3, 0.4) is 0 Å². The Morgan fingerprint density at radius 3 is 1.21 bits per heavy atom. The molecule has 0 atom stereocenters. The van der Waals surface area contributed by atoms with E-state index >= 15 is 0 Å². The normalized spacial score (nSPS) is 9.62. The molecule has 0 unspecified atom stereocenters. The van der Waals surface area contributed by atoms with Crippen molar-refractivity contribution < 1.29 is 15.4 Å². The molecule has 0 aromatic heterocycles. The maximum Gasteiger partial charge on any atom is 0.495 e. The van der Waals surface area contributed by atoms with Gasteiger partial charge in [0.2, 0.25) is 0 Å². The largest absolute Gasteiger partial charge is 0.495 e. The first-order valence-electron chi connectivity index (χ1n) is 9.42. The number of halogens is 2. The van der Waals surface area contributed by atoms with Crippen LogP contribution >= 0.6 is 20.1 Å². The van der Waals surface area contributed by atoms with Crippen LogP contribution in [0.5, 0.6) is 0 Å². The summed E-state index contributed by atoms with van der Waals surface area (Å²) in [7, 11) is 9.69. The number of hydrogen-bond acceptors (Lipinski definition) is 1. The average Bonchev–Trinajstić information content (AvgIpc) is 2.51. The minimum atomic E-state index is -0.653. The van der Waals surface area contributed by atoms with Crippen LogP contribution in [0, 0.1) is 0 Å². The van der Waals surface area contributed by atoms with Crippen LogP contribution in [-0.2, 0) is 4.79 Å². The quantitative estimate of drug-likeness (QED) is 0.237. The van der Waals surface area contributed by atoms with E-state index in [9.17, 15) is 4.79 Å². The van der Waals surface area contributed by atoms with Crippen molar-refractivity contribution in [3.63, 3.8) is 0 Å². The van der Waals surface area contributed by atoms with Crippen LogP contribution in [-0.4, -0.2) is 29.9 Å². The van der Waals surface area contributed by atoms with Crippen LogP contribution < -0.4 is 0 Å². The molecule has 0 fully saturated rings. The Morgan fingerprint density at radius 1 is 0.708 bits per heavy atom. The van der Waals surface area contributed by atoms with Gasteiger partial charge in [-0.1, -0.05) is 96.8 Å². The van der Waals surface area contributed by atoms with Gasteiger partial charge in [-0.05, 0) is 6.42 Å². The topological polar surface area (TPSA) is 68.8 Å². The molecule has 0 aliphatic carbocycles. The number of aliphatic carboxylic acids is 1. The molecule has 0 spiro atoms. The van der Waals surface area contributed by atoms with Crippen molar-refractivity contribution in [3.05, 3.63) is 0 Å². The first-order valence-corrected chi connectivity index (χ1v) is 12.9. The Bertz CT molecular complexity index is 232. The van der Waals surface area contributed by atoms with Gasteiger partial charge < -0.3 is 10.6 Å². The van der Waals surface area contributed by atoms with Crippen molar-refractivity contribution in [2.75, 3.05) is 0 Å². The minimum Gasteiger partial charge on any atom is -0.481 e. The van der Waals surface area contributed by atoms with Gasteiger partial charge in [-0.15, -0.1) is 0 Å². The molecule has 0 aromatic carbocycles. The first kappa shape index (κ1) is 29.3. The molecule has 6 heteroatoms. The summed E-state index contributed by atoms with van der Waals surface area (Å²) >= 11 is -0.306. The number of carboxylic acid groups (broad SMARTS) is 1. The Labute approximate surface area is 164 Å². The molecular weight excluding hydrogens is 362 g/mol. The second kappa shape index (κ2) is 28.3. The van der Waals surface area contributed by atoms with E-state index in [1.54, 1.807) is 0 Å². The third kappa shape index (κ3) is 34.0. The van der Waals surface area contributed by atoms with Crippen LogP contribution in [0.2, 0.25) is 0 Å². The molecule has 0 aliphatic heterocycles. The molecule has 145 valence electrons. The van der Waals surface area contributed by atoms with E-state index in [-0.39, 0.29) is 18.9 Å². The van der Waals surface area contributed by atoms with Crippen molar-refractivity contribution >= 4 is 39.4 Å². The summed E-state index contributed by atoms with van der Waals surface area (Å²) < 4.78 is 0. The average molecular weight is 400 g/mol. The van der Waals surface area contributed by atoms with Crippen molar-refractivity contribution in [3.8, 4) is 0 Å². The predicted molar refractivity (Wildman–Crippen MR) is 108 cm³/mol. The lowest BCUT2D eigenvalue weighted by Gasteiger charge is -2.03. The standard InChI is InChI=1S/C18H36O2.Al.2ClH.H2O/c1-2-3-4-5-6-7-8-9-10-11-12-13-14-15-16-17-18(19)20;;;;/h2-17H2,1H3,(H,19,20);;2*1H;1H2/q;+2;;;/p-2. The maximum atomic E-state index is 10.3. The molecular formula is C18H38AlCl2O3. The third-order valence-corrected chi connectivity index (χ3v) is 3.99. The van der Waals surface area contributed by atoms with Gasteiger partial charge in [-0.25, -0.2) is 20.1 Å². The van der Waals surface area contributed by atoms with Gasteiger partial charge in [0, 0.05) is 6.42 Å². The Morgan fingerprint density at radius 2 is 0.958 bits per heavy atom. The van der Waals surface area contributed by atoms with E-state index < -0.39 is 5.97 Å². The van der Waals surface area contributed by atoms with E-state index in [0.717, 1.165) is 12.8 Å². The van der Waals surface area contributed by atoms with Gasteiger partial charge in [0.05, 0.1) is 0 Å². The highest BCUT2D eigenvalue weighted by atomic mass is 35.7. The summed E-state index contributed by atoms with van der Waals surface area (Å²) in [5, 5.41) is 8.52. The maximum absolute atomic E-state index is 10.3. The van der Waals surface area contributed by atoms with Gasteiger partial charge in [0.15, 0.2) is 0 Å². The van der Waals surface area contributed by atoms with E-state index in [4.69, 9.17) is 25.2 Å². The molecule has 0 amide bonds. The molecule has 1 radical (unpaired) electrons. The Hall–Kier alpha value is 0.542. The van der Waals surface area contributed by atoms with Gasteiger partial charge >= 0.3 is 19.3 Å².